The predicted octanol–water partition coefficient (Wildman–Crippen LogP) is 1.11. The van der Waals surface area contributed by atoms with Gasteiger partial charge in [0.05, 0.1) is 12.2 Å². The van der Waals surface area contributed by atoms with Crippen molar-refractivity contribution in [1.29, 1.82) is 0 Å². The number of rotatable bonds is 2. The third-order valence-electron chi connectivity index (χ3n) is 2.52. The van der Waals surface area contributed by atoms with Gasteiger partial charge in [-0.25, -0.2) is 0 Å². The standard InChI is InChI=1S/C9H13F3N4OS/c1-5-3-16(4-6(2-13)17-5)8-15-14-7(18-8)9(10,11)12/h5-6H,2-4,13H2,1H3. The van der Waals surface area contributed by atoms with Crippen LogP contribution in [0.5, 0.6) is 0 Å². The van der Waals surface area contributed by atoms with Gasteiger partial charge in [0.15, 0.2) is 0 Å². The molecule has 1 saturated heterocycles. The molecule has 2 unspecified atom stereocenters. The first-order chi connectivity index (χ1) is 8.40. The molecule has 2 N–H and O–H groups in total. The number of hydrogen-bond acceptors (Lipinski definition) is 6. The second-order valence-electron chi connectivity index (χ2n) is 4.10. The molecule has 0 spiro atoms. The predicted molar refractivity (Wildman–Crippen MR) is 60.5 cm³/mol. The van der Waals surface area contributed by atoms with Gasteiger partial charge in [0, 0.05) is 19.6 Å². The van der Waals surface area contributed by atoms with E-state index in [1.54, 1.807) is 4.90 Å². The fraction of sp³-hybridized carbons (Fsp3) is 0.778. The van der Waals surface area contributed by atoms with Crippen LogP contribution in [0.25, 0.3) is 0 Å². The van der Waals surface area contributed by atoms with Crippen LogP contribution in [0.3, 0.4) is 0 Å². The first kappa shape index (κ1) is 13.5. The lowest BCUT2D eigenvalue weighted by atomic mass is 10.2. The maximum atomic E-state index is 12.4. The monoisotopic (exact) mass is 282 g/mol. The largest absolute Gasteiger partial charge is 0.445 e. The third kappa shape index (κ3) is 2.90. The average molecular weight is 282 g/mol. The zero-order valence-electron chi connectivity index (χ0n) is 9.65. The second kappa shape index (κ2) is 4.98. The van der Waals surface area contributed by atoms with Gasteiger partial charge in [0.25, 0.3) is 0 Å². The van der Waals surface area contributed by atoms with Crippen molar-refractivity contribution >= 4 is 16.5 Å². The van der Waals surface area contributed by atoms with Gasteiger partial charge in [-0.1, -0.05) is 11.3 Å². The molecule has 2 atom stereocenters. The summed E-state index contributed by atoms with van der Waals surface area (Å²) in [6.07, 6.45) is -4.72. The number of aromatic nitrogens is 2. The van der Waals surface area contributed by atoms with Crippen LogP contribution in [0.1, 0.15) is 11.9 Å². The fourth-order valence-corrected chi connectivity index (χ4v) is 2.52. The number of nitrogens with zero attached hydrogens (tertiary/aromatic N) is 3. The van der Waals surface area contributed by atoms with Gasteiger partial charge in [0.2, 0.25) is 10.1 Å². The SMILES string of the molecule is CC1CN(c2nnc(C(F)(F)F)s2)CC(CN)O1. The van der Waals surface area contributed by atoms with Crippen molar-refractivity contribution < 1.29 is 17.9 Å². The summed E-state index contributed by atoms with van der Waals surface area (Å²) in [5.41, 5.74) is 5.52. The molecule has 0 bridgehead atoms. The normalized spacial score (nSPS) is 25.5. The van der Waals surface area contributed by atoms with Crippen LogP contribution in [0.4, 0.5) is 18.3 Å². The lowest BCUT2D eigenvalue weighted by molar-refractivity contribution is -0.138. The lowest BCUT2D eigenvalue weighted by Crippen LogP contribution is -2.49. The van der Waals surface area contributed by atoms with Crippen molar-refractivity contribution in [3.63, 3.8) is 0 Å². The summed E-state index contributed by atoms with van der Waals surface area (Å²) in [4.78, 5) is 1.73. The van der Waals surface area contributed by atoms with Crippen LogP contribution in [-0.2, 0) is 10.9 Å². The molecule has 1 aromatic heterocycles. The van der Waals surface area contributed by atoms with Crippen molar-refractivity contribution in [2.45, 2.75) is 25.3 Å². The maximum Gasteiger partial charge on any atom is 0.445 e. The van der Waals surface area contributed by atoms with Crippen molar-refractivity contribution in [2.24, 2.45) is 5.73 Å². The highest BCUT2D eigenvalue weighted by Gasteiger charge is 2.37. The quantitative estimate of drug-likeness (QED) is 0.880. The van der Waals surface area contributed by atoms with E-state index in [0.717, 1.165) is 0 Å². The number of ether oxygens (including phenoxy) is 1. The van der Waals surface area contributed by atoms with Gasteiger partial charge in [-0.05, 0) is 6.92 Å². The highest BCUT2D eigenvalue weighted by atomic mass is 32.1. The van der Waals surface area contributed by atoms with Crippen molar-refractivity contribution in [3.8, 4) is 0 Å². The van der Waals surface area contributed by atoms with E-state index in [9.17, 15) is 13.2 Å². The smallest absolute Gasteiger partial charge is 0.370 e. The molecule has 2 heterocycles. The van der Waals surface area contributed by atoms with Gasteiger partial charge in [-0.2, -0.15) is 13.2 Å². The Kier molecular flexibility index (Phi) is 3.74. The Balaban J connectivity index is 2.13. The summed E-state index contributed by atoms with van der Waals surface area (Å²) in [5.74, 6) is 0. The minimum absolute atomic E-state index is 0.0921. The molecule has 9 heteroatoms. The molecule has 2 rings (SSSR count). The van der Waals surface area contributed by atoms with E-state index in [1.807, 2.05) is 6.92 Å². The Morgan fingerprint density at radius 3 is 2.72 bits per heavy atom. The second-order valence-corrected chi connectivity index (χ2v) is 5.05. The Labute approximate surface area is 106 Å². The molecule has 5 nitrogen and oxygen atoms in total. The zero-order valence-corrected chi connectivity index (χ0v) is 10.5. The fourth-order valence-electron chi connectivity index (χ4n) is 1.79. The van der Waals surface area contributed by atoms with E-state index >= 15 is 0 Å². The molecule has 1 aliphatic heterocycles. The van der Waals surface area contributed by atoms with Crippen molar-refractivity contribution in [2.75, 3.05) is 24.5 Å². The summed E-state index contributed by atoms with van der Waals surface area (Å²) in [6.45, 7) is 3.10. The van der Waals surface area contributed by atoms with Crippen LogP contribution in [0.15, 0.2) is 0 Å². The summed E-state index contributed by atoms with van der Waals surface area (Å²) < 4.78 is 42.8. The molecular formula is C9H13F3N4OS. The summed E-state index contributed by atoms with van der Waals surface area (Å²) in [5, 5.41) is 6.09. The Morgan fingerprint density at radius 2 is 2.17 bits per heavy atom. The first-order valence-corrected chi connectivity index (χ1v) is 6.23. The van der Waals surface area contributed by atoms with Crippen LogP contribution < -0.4 is 10.6 Å². The molecule has 0 radical (unpaired) electrons. The molecule has 18 heavy (non-hydrogen) atoms. The molecule has 0 amide bonds. The number of alkyl halides is 3. The molecule has 102 valence electrons. The van der Waals surface area contributed by atoms with E-state index in [2.05, 4.69) is 10.2 Å². The van der Waals surface area contributed by atoms with Crippen LogP contribution in [-0.4, -0.2) is 42.0 Å². The summed E-state index contributed by atoms with van der Waals surface area (Å²) in [6, 6.07) is 0. The van der Waals surface area contributed by atoms with Crippen LogP contribution in [0.2, 0.25) is 0 Å². The van der Waals surface area contributed by atoms with Gasteiger partial charge in [-0.15, -0.1) is 10.2 Å². The van der Waals surface area contributed by atoms with Gasteiger partial charge < -0.3 is 15.4 Å². The van der Waals surface area contributed by atoms with Crippen molar-refractivity contribution in [3.05, 3.63) is 5.01 Å². The third-order valence-corrected chi connectivity index (χ3v) is 3.55. The topological polar surface area (TPSA) is 64.3 Å². The highest BCUT2D eigenvalue weighted by molar-refractivity contribution is 7.15. The number of anilines is 1. The molecule has 1 aromatic rings. The van der Waals surface area contributed by atoms with E-state index < -0.39 is 11.2 Å². The van der Waals surface area contributed by atoms with Gasteiger partial charge >= 0.3 is 6.18 Å². The molecule has 1 aliphatic rings. The highest BCUT2D eigenvalue weighted by Crippen LogP contribution is 2.34. The molecule has 1 fully saturated rings. The minimum Gasteiger partial charge on any atom is -0.370 e. The number of morpholine rings is 1. The molecular weight excluding hydrogens is 269 g/mol. The molecule has 0 aromatic carbocycles. The van der Waals surface area contributed by atoms with Crippen molar-refractivity contribution in [1.82, 2.24) is 10.2 Å². The summed E-state index contributed by atoms with van der Waals surface area (Å²) >= 11 is 0.543. The summed E-state index contributed by atoms with van der Waals surface area (Å²) in [7, 11) is 0. The number of nitrogens with two attached hydrogens (primary N) is 1. The Morgan fingerprint density at radius 1 is 1.44 bits per heavy atom. The van der Waals surface area contributed by atoms with Crippen LogP contribution >= 0.6 is 11.3 Å². The first-order valence-electron chi connectivity index (χ1n) is 5.41. The van der Waals surface area contributed by atoms with E-state index in [4.69, 9.17) is 10.5 Å². The van der Waals surface area contributed by atoms with Gasteiger partial charge in [0.1, 0.15) is 0 Å². The Hall–Kier alpha value is -0.930. The zero-order chi connectivity index (χ0) is 13.3. The Bertz CT molecular complexity index is 411. The average Bonchev–Trinajstić information content (AvgIpc) is 2.77. The van der Waals surface area contributed by atoms with E-state index in [-0.39, 0.29) is 17.3 Å². The minimum atomic E-state index is -4.44. The molecule has 0 aliphatic carbocycles. The van der Waals surface area contributed by atoms with Gasteiger partial charge in [-0.3, -0.25) is 0 Å². The molecule has 0 saturated carbocycles. The van der Waals surface area contributed by atoms with E-state index in [1.165, 1.54) is 0 Å². The van der Waals surface area contributed by atoms with Crippen LogP contribution in [0, 0.1) is 0 Å². The number of halogens is 3. The lowest BCUT2D eigenvalue weighted by Gasteiger charge is -2.35. The van der Waals surface area contributed by atoms with E-state index in [0.29, 0.717) is 31.0 Å². The number of hydrogen-bond donors (Lipinski definition) is 1. The maximum absolute atomic E-state index is 12.4.